The van der Waals surface area contributed by atoms with Crippen LogP contribution in [0, 0.1) is 5.41 Å². The average molecular weight is 146 g/mol. The van der Waals surface area contributed by atoms with Gasteiger partial charge in [0.1, 0.15) is 0 Å². The van der Waals surface area contributed by atoms with E-state index < -0.39 is 0 Å². The van der Waals surface area contributed by atoms with Crippen molar-refractivity contribution in [3.05, 3.63) is 0 Å². The minimum Gasteiger partial charge on any atom is -0.350 e. The molecule has 0 unspecified atom stereocenters. The second-order valence-corrected chi connectivity index (χ2v) is 3.44. The molecule has 1 aliphatic rings. The molecule has 1 rings (SSSR count). The van der Waals surface area contributed by atoms with Gasteiger partial charge in [-0.15, -0.1) is 0 Å². The molecule has 62 valence electrons. The monoisotopic (exact) mass is 146 g/mol. The molecular weight excluding hydrogens is 128 g/mol. The predicted octanol–water partition coefficient (Wildman–Crippen LogP) is 2.04. The fourth-order valence-electron chi connectivity index (χ4n) is 0.858. The minimum absolute atomic E-state index is 0. The summed E-state index contributed by atoms with van der Waals surface area (Å²) in [5.74, 6) is 0. The van der Waals surface area contributed by atoms with Gasteiger partial charge in [0.2, 0.25) is 0 Å². The van der Waals surface area contributed by atoms with Crippen molar-refractivity contribution in [2.45, 2.75) is 34.5 Å². The molecule has 0 spiro atoms. The van der Waals surface area contributed by atoms with E-state index in [9.17, 15) is 0 Å². The zero-order valence-electron chi connectivity index (χ0n) is 6.31. The molecule has 0 aliphatic carbocycles. The van der Waals surface area contributed by atoms with Crippen LogP contribution in [0.4, 0.5) is 0 Å². The fourth-order valence-corrected chi connectivity index (χ4v) is 0.858. The van der Waals surface area contributed by atoms with Crippen molar-refractivity contribution in [3.8, 4) is 0 Å². The molecule has 1 aliphatic heterocycles. The Morgan fingerprint density at radius 1 is 1.10 bits per heavy atom. The highest BCUT2D eigenvalue weighted by molar-refractivity contribution is 4.68. The number of rotatable bonds is 0. The number of ether oxygens (including phenoxy) is 2. The zero-order chi connectivity index (χ0) is 6.91. The molecule has 0 aromatic carbocycles. The van der Waals surface area contributed by atoms with Gasteiger partial charge in [0, 0.05) is 5.41 Å². The summed E-state index contributed by atoms with van der Waals surface area (Å²) in [5, 5.41) is 0. The molecule has 0 N–H and O–H groups in total. The third kappa shape index (κ3) is 2.27. The minimum atomic E-state index is 0. The molecule has 0 aromatic heterocycles. The first-order chi connectivity index (χ1) is 4.11. The van der Waals surface area contributed by atoms with E-state index in [0.717, 1.165) is 13.2 Å². The quantitative estimate of drug-likeness (QED) is 0.520. The van der Waals surface area contributed by atoms with Gasteiger partial charge in [-0.25, -0.2) is 0 Å². The van der Waals surface area contributed by atoms with E-state index in [1.54, 1.807) is 0 Å². The lowest BCUT2D eigenvalue weighted by Crippen LogP contribution is -2.26. The number of hydrogen-bond donors (Lipinski definition) is 0. The maximum Gasteiger partial charge on any atom is 0.162 e. The van der Waals surface area contributed by atoms with Gasteiger partial charge < -0.3 is 9.47 Å². The van der Waals surface area contributed by atoms with Crippen LogP contribution in [0.3, 0.4) is 0 Å². The van der Waals surface area contributed by atoms with E-state index >= 15 is 0 Å². The first-order valence-electron chi connectivity index (χ1n) is 3.34. The first kappa shape index (κ1) is 9.92. The molecule has 0 bridgehead atoms. The van der Waals surface area contributed by atoms with Gasteiger partial charge in [-0.3, -0.25) is 0 Å². The van der Waals surface area contributed by atoms with E-state index in [2.05, 4.69) is 20.8 Å². The molecule has 1 heterocycles. The highest BCUT2D eigenvalue weighted by Crippen LogP contribution is 2.25. The van der Waals surface area contributed by atoms with Crippen molar-refractivity contribution in [3.63, 3.8) is 0 Å². The lowest BCUT2D eigenvalue weighted by Gasteiger charge is -2.24. The highest BCUT2D eigenvalue weighted by atomic mass is 16.7. The Bertz CT molecular complexity index is 87.9. The Morgan fingerprint density at radius 3 is 1.70 bits per heavy atom. The Kier molecular flexibility index (Phi) is 3.33. The molecule has 1 saturated heterocycles. The van der Waals surface area contributed by atoms with Crippen molar-refractivity contribution >= 4 is 0 Å². The second-order valence-electron chi connectivity index (χ2n) is 3.44. The third-order valence-corrected chi connectivity index (χ3v) is 1.33. The van der Waals surface area contributed by atoms with Gasteiger partial charge in [-0.1, -0.05) is 28.2 Å². The zero-order valence-corrected chi connectivity index (χ0v) is 6.31. The molecule has 2 nitrogen and oxygen atoms in total. The van der Waals surface area contributed by atoms with E-state index in [0.29, 0.717) is 0 Å². The van der Waals surface area contributed by atoms with E-state index in [-0.39, 0.29) is 19.1 Å². The molecule has 1 fully saturated rings. The largest absolute Gasteiger partial charge is 0.350 e. The standard InChI is InChI=1S/C7H14O2.CH4/c1-7(2,3)6-8-4-5-9-6;/h6H,4-5H2,1-3H3;1H4. The van der Waals surface area contributed by atoms with Crippen LogP contribution in [-0.2, 0) is 9.47 Å². The maximum absolute atomic E-state index is 5.30. The van der Waals surface area contributed by atoms with Gasteiger partial charge in [-0.2, -0.15) is 0 Å². The van der Waals surface area contributed by atoms with E-state index in [1.165, 1.54) is 0 Å². The highest BCUT2D eigenvalue weighted by Gasteiger charge is 2.29. The molecule has 10 heavy (non-hydrogen) atoms. The Labute approximate surface area is 63.5 Å². The van der Waals surface area contributed by atoms with Crippen molar-refractivity contribution in [1.82, 2.24) is 0 Å². The summed E-state index contributed by atoms with van der Waals surface area (Å²) in [7, 11) is 0. The van der Waals surface area contributed by atoms with Gasteiger partial charge in [0.25, 0.3) is 0 Å². The molecule has 0 saturated carbocycles. The lowest BCUT2D eigenvalue weighted by atomic mass is 9.96. The maximum atomic E-state index is 5.30. The summed E-state index contributed by atoms with van der Waals surface area (Å²) >= 11 is 0. The van der Waals surface area contributed by atoms with E-state index in [4.69, 9.17) is 9.47 Å². The summed E-state index contributed by atoms with van der Waals surface area (Å²) in [4.78, 5) is 0. The van der Waals surface area contributed by atoms with Crippen molar-refractivity contribution in [1.29, 1.82) is 0 Å². The average Bonchev–Trinajstić information content (AvgIpc) is 2.08. The van der Waals surface area contributed by atoms with Crippen molar-refractivity contribution in [2.75, 3.05) is 13.2 Å². The number of hydrogen-bond acceptors (Lipinski definition) is 2. The van der Waals surface area contributed by atoms with Crippen LogP contribution >= 0.6 is 0 Å². The summed E-state index contributed by atoms with van der Waals surface area (Å²) < 4.78 is 10.6. The van der Waals surface area contributed by atoms with Crippen LogP contribution in [0.5, 0.6) is 0 Å². The van der Waals surface area contributed by atoms with Crippen molar-refractivity contribution in [2.24, 2.45) is 5.41 Å². The first-order valence-corrected chi connectivity index (χ1v) is 3.34. The molecular formula is C8H18O2. The van der Waals surface area contributed by atoms with Gasteiger partial charge in [-0.05, 0) is 0 Å². The van der Waals surface area contributed by atoms with E-state index in [1.807, 2.05) is 0 Å². The van der Waals surface area contributed by atoms with Crippen LogP contribution in [0.1, 0.15) is 28.2 Å². The molecule has 0 aromatic rings. The van der Waals surface area contributed by atoms with Crippen LogP contribution < -0.4 is 0 Å². The third-order valence-electron chi connectivity index (χ3n) is 1.33. The summed E-state index contributed by atoms with van der Waals surface area (Å²) in [6.45, 7) is 7.85. The summed E-state index contributed by atoms with van der Waals surface area (Å²) in [5.41, 5.74) is 0.135. The van der Waals surface area contributed by atoms with Gasteiger partial charge >= 0.3 is 0 Å². The van der Waals surface area contributed by atoms with Gasteiger partial charge in [0.15, 0.2) is 6.29 Å². The Hall–Kier alpha value is -0.0800. The van der Waals surface area contributed by atoms with Crippen LogP contribution in [0.15, 0.2) is 0 Å². The van der Waals surface area contributed by atoms with Crippen LogP contribution in [0.25, 0.3) is 0 Å². The molecule has 2 heteroatoms. The van der Waals surface area contributed by atoms with Crippen LogP contribution in [0.2, 0.25) is 0 Å². The SMILES string of the molecule is C.CC(C)(C)C1OCCO1. The van der Waals surface area contributed by atoms with Gasteiger partial charge in [0.05, 0.1) is 13.2 Å². The van der Waals surface area contributed by atoms with Crippen LogP contribution in [-0.4, -0.2) is 19.5 Å². The molecule has 0 amide bonds. The summed E-state index contributed by atoms with van der Waals surface area (Å²) in [6.07, 6.45) is 0.0116. The molecule has 0 atom stereocenters. The lowest BCUT2D eigenvalue weighted by molar-refractivity contribution is -0.112. The normalized spacial score (nSPS) is 20.7. The second kappa shape index (κ2) is 3.35. The topological polar surface area (TPSA) is 18.5 Å². The smallest absolute Gasteiger partial charge is 0.162 e. The predicted molar refractivity (Wildman–Crippen MR) is 41.9 cm³/mol. The summed E-state index contributed by atoms with van der Waals surface area (Å²) in [6, 6.07) is 0. The molecule has 0 radical (unpaired) electrons. The Morgan fingerprint density at radius 2 is 1.50 bits per heavy atom. The Balaban J connectivity index is 0.000000810. The van der Waals surface area contributed by atoms with Crippen molar-refractivity contribution < 1.29 is 9.47 Å². The fraction of sp³-hybridized carbons (Fsp3) is 1.00.